The van der Waals surface area contributed by atoms with Crippen molar-refractivity contribution < 1.29 is 4.42 Å². The monoisotopic (exact) mass is 244 g/mol. The van der Waals surface area contributed by atoms with Crippen LogP contribution in [0.2, 0.25) is 10.0 Å². The lowest BCUT2D eigenvalue weighted by Crippen LogP contribution is -2.00. The van der Waals surface area contributed by atoms with Gasteiger partial charge in [0.1, 0.15) is 5.52 Å². The van der Waals surface area contributed by atoms with Gasteiger partial charge in [0.25, 0.3) is 0 Å². The first-order valence-electron chi connectivity index (χ1n) is 4.65. The minimum Gasteiger partial charge on any atom is -0.439 e. The maximum atomic E-state index is 5.97. The first-order valence-corrected chi connectivity index (χ1v) is 5.41. The molecule has 0 saturated carbocycles. The van der Waals surface area contributed by atoms with E-state index in [4.69, 9.17) is 33.4 Å². The molecule has 15 heavy (non-hydrogen) atoms. The normalized spacial score (nSPS) is 11.1. The molecule has 1 aromatic heterocycles. The standard InChI is InChI=1S/C10H10Cl2N2O/c11-6-4-7(12)10-8(5-6)14-9(15-10)2-1-3-13/h4-5H,1-3,13H2. The van der Waals surface area contributed by atoms with Gasteiger partial charge in [0.05, 0.1) is 5.02 Å². The third kappa shape index (κ3) is 2.25. The van der Waals surface area contributed by atoms with Crippen LogP contribution in [0.4, 0.5) is 0 Å². The summed E-state index contributed by atoms with van der Waals surface area (Å²) in [6.07, 6.45) is 1.57. The van der Waals surface area contributed by atoms with Crippen molar-refractivity contribution in [3.63, 3.8) is 0 Å². The molecule has 3 nitrogen and oxygen atoms in total. The number of halogens is 2. The Balaban J connectivity index is 2.41. The van der Waals surface area contributed by atoms with Gasteiger partial charge >= 0.3 is 0 Å². The van der Waals surface area contributed by atoms with Gasteiger partial charge in [0, 0.05) is 11.4 Å². The molecule has 0 bridgehead atoms. The van der Waals surface area contributed by atoms with Gasteiger partial charge < -0.3 is 10.2 Å². The van der Waals surface area contributed by atoms with Crippen LogP contribution in [0.15, 0.2) is 16.5 Å². The third-order valence-electron chi connectivity index (χ3n) is 2.05. The summed E-state index contributed by atoms with van der Waals surface area (Å²) >= 11 is 11.8. The summed E-state index contributed by atoms with van der Waals surface area (Å²) < 4.78 is 5.50. The number of aromatic nitrogens is 1. The number of benzene rings is 1. The predicted octanol–water partition coefficient (Wildman–Crippen LogP) is 3.03. The fourth-order valence-corrected chi connectivity index (χ4v) is 1.89. The van der Waals surface area contributed by atoms with Crippen molar-refractivity contribution in [3.8, 4) is 0 Å². The van der Waals surface area contributed by atoms with E-state index in [1.165, 1.54) is 0 Å². The molecule has 80 valence electrons. The number of oxazole rings is 1. The van der Waals surface area contributed by atoms with Crippen molar-refractivity contribution in [2.75, 3.05) is 6.54 Å². The highest BCUT2D eigenvalue weighted by Gasteiger charge is 2.09. The van der Waals surface area contributed by atoms with Crippen LogP contribution in [0, 0.1) is 0 Å². The molecule has 0 spiro atoms. The number of nitrogens with zero attached hydrogens (tertiary/aromatic N) is 1. The summed E-state index contributed by atoms with van der Waals surface area (Å²) in [5.74, 6) is 0.652. The molecule has 0 fully saturated rings. The van der Waals surface area contributed by atoms with Crippen molar-refractivity contribution in [3.05, 3.63) is 28.1 Å². The number of hydrogen-bond donors (Lipinski definition) is 1. The molecule has 0 radical (unpaired) electrons. The van der Waals surface area contributed by atoms with E-state index in [0.717, 1.165) is 12.8 Å². The summed E-state index contributed by atoms with van der Waals surface area (Å²) in [6.45, 7) is 0.618. The van der Waals surface area contributed by atoms with E-state index in [1.54, 1.807) is 12.1 Å². The third-order valence-corrected chi connectivity index (χ3v) is 2.55. The predicted molar refractivity (Wildman–Crippen MR) is 61.4 cm³/mol. The lowest BCUT2D eigenvalue weighted by atomic mass is 10.3. The molecule has 0 aliphatic rings. The van der Waals surface area contributed by atoms with Gasteiger partial charge in [-0.2, -0.15) is 0 Å². The molecular formula is C10H10Cl2N2O. The van der Waals surface area contributed by atoms with Gasteiger partial charge in [-0.3, -0.25) is 0 Å². The Morgan fingerprint density at radius 1 is 1.33 bits per heavy atom. The largest absolute Gasteiger partial charge is 0.439 e. The SMILES string of the molecule is NCCCc1nc2cc(Cl)cc(Cl)c2o1. The minimum absolute atomic E-state index is 0.490. The lowest BCUT2D eigenvalue weighted by molar-refractivity contribution is 0.521. The van der Waals surface area contributed by atoms with Gasteiger partial charge in [0.2, 0.25) is 0 Å². The zero-order valence-electron chi connectivity index (χ0n) is 7.96. The Hall–Kier alpha value is -0.770. The Bertz CT molecular complexity index is 481. The van der Waals surface area contributed by atoms with Crippen LogP contribution in [-0.2, 0) is 6.42 Å². The van der Waals surface area contributed by atoms with Gasteiger partial charge in [-0.15, -0.1) is 0 Å². The van der Waals surface area contributed by atoms with E-state index in [2.05, 4.69) is 4.98 Å². The first kappa shape index (κ1) is 10.7. The fraction of sp³-hybridized carbons (Fsp3) is 0.300. The summed E-state index contributed by atoms with van der Waals surface area (Å²) in [5, 5.41) is 1.05. The van der Waals surface area contributed by atoms with Gasteiger partial charge in [-0.25, -0.2) is 4.98 Å². The van der Waals surface area contributed by atoms with Crippen molar-refractivity contribution in [1.82, 2.24) is 4.98 Å². The molecule has 0 aliphatic heterocycles. The quantitative estimate of drug-likeness (QED) is 0.904. The number of rotatable bonds is 3. The van der Waals surface area contributed by atoms with Gasteiger partial charge in [-0.05, 0) is 25.1 Å². The van der Waals surface area contributed by atoms with Crippen LogP contribution in [0.25, 0.3) is 11.1 Å². The second-order valence-electron chi connectivity index (χ2n) is 3.24. The van der Waals surface area contributed by atoms with Crippen molar-refractivity contribution in [1.29, 1.82) is 0 Å². The van der Waals surface area contributed by atoms with E-state index >= 15 is 0 Å². The highest BCUT2D eigenvalue weighted by atomic mass is 35.5. The molecule has 0 unspecified atom stereocenters. The number of hydrogen-bond acceptors (Lipinski definition) is 3. The van der Waals surface area contributed by atoms with Crippen molar-refractivity contribution in [2.24, 2.45) is 5.73 Å². The molecule has 0 atom stereocenters. The van der Waals surface area contributed by atoms with Crippen LogP contribution in [0.5, 0.6) is 0 Å². The molecule has 1 aromatic carbocycles. The van der Waals surface area contributed by atoms with Gasteiger partial charge in [0.15, 0.2) is 11.5 Å². The molecule has 2 N–H and O–H groups in total. The summed E-state index contributed by atoms with van der Waals surface area (Å²) in [4.78, 5) is 4.28. The molecule has 0 aliphatic carbocycles. The maximum absolute atomic E-state index is 5.97. The summed E-state index contributed by atoms with van der Waals surface area (Å²) in [6, 6.07) is 3.38. The van der Waals surface area contributed by atoms with E-state index in [0.29, 0.717) is 33.6 Å². The summed E-state index contributed by atoms with van der Waals surface area (Å²) in [5.41, 5.74) is 6.69. The Morgan fingerprint density at radius 2 is 2.13 bits per heavy atom. The topological polar surface area (TPSA) is 52.0 Å². The highest BCUT2D eigenvalue weighted by molar-refractivity contribution is 6.37. The smallest absolute Gasteiger partial charge is 0.195 e. The Morgan fingerprint density at radius 3 is 2.87 bits per heavy atom. The molecule has 2 rings (SSSR count). The average molecular weight is 245 g/mol. The fourth-order valence-electron chi connectivity index (χ4n) is 1.37. The zero-order valence-corrected chi connectivity index (χ0v) is 9.48. The van der Waals surface area contributed by atoms with Crippen LogP contribution in [0.1, 0.15) is 12.3 Å². The van der Waals surface area contributed by atoms with Crippen LogP contribution >= 0.6 is 23.2 Å². The second kappa shape index (κ2) is 4.39. The lowest BCUT2D eigenvalue weighted by Gasteiger charge is -1.92. The Kier molecular flexibility index (Phi) is 3.14. The molecule has 0 amide bonds. The molecule has 2 aromatic rings. The number of aryl methyl sites for hydroxylation is 1. The van der Waals surface area contributed by atoms with Crippen LogP contribution in [-0.4, -0.2) is 11.5 Å². The van der Waals surface area contributed by atoms with E-state index in [9.17, 15) is 0 Å². The van der Waals surface area contributed by atoms with Crippen LogP contribution < -0.4 is 5.73 Å². The first-order chi connectivity index (χ1) is 7.20. The highest BCUT2D eigenvalue weighted by Crippen LogP contribution is 2.28. The van der Waals surface area contributed by atoms with E-state index in [1.807, 2.05) is 0 Å². The molecule has 5 heteroatoms. The summed E-state index contributed by atoms with van der Waals surface area (Å²) in [7, 11) is 0. The number of nitrogens with two attached hydrogens (primary N) is 1. The minimum atomic E-state index is 0.490. The second-order valence-corrected chi connectivity index (χ2v) is 4.08. The molecule has 0 saturated heterocycles. The van der Waals surface area contributed by atoms with Crippen molar-refractivity contribution in [2.45, 2.75) is 12.8 Å². The van der Waals surface area contributed by atoms with E-state index in [-0.39, 0.29) is 0 Å². The van der Waals surface area contributed by atoms with E-state index < -0.39 is 0 Å². The van der Waals surface area contributed by atoms with Gasteiger partial charge in [-0.1, -0.05) is 23.2 Å². The maximum Gasteiger partial charge on any atom is 0.195 e. The molecule has 1 heterocycles. The number of fused-ring (bicyclic) bond motifs is 1. The average Bonchev–Trinajstić information content (AvgIpc) is 2.57. The van der Waals surface area contributed by atoms with Crippen molar-refractivity contribution >= 4 is 34.3 Å². The zero-order chi connectivity index (χ0) is 10.8. The van der Waals surface area contributed by atoms with Crippen LogP contribution in [0.3, 0.4) is 0 Å². The Labute approximate surface area is 97.2 Å². The molecular weight excluding hydrogens is 235 g/mol.